The van der Waals surface area contributed by atoms with E-state index in [-0.39, 0.29) is 10.7 Å². The standard InChI is InChI=1S/C22H26ClN3O6/c1-6-31-14-8-9-18(32-7-2)17(10-14)25-26-21(13(3)27)22(28)24-16-12-20(30-5)19(29-4)11-15(16)23/h8-12,21H,6-7H2,1-5H3,(H,24,28). The summed E-state index contributed by atoms with van der Waals surface area (Å²) in [5.74, 6) is 0.575. The number of hydrogen-bond donors (Lipinski definition) is 1. The highest BCUT2D eigenvalue weighted by atomic mass is 35.5. The molecule has 0 saturated heterocycles. The number of Topliss-reactive ketones (excluding diaryl/α,β-unsaturated/α-hetero) is 1. The molecule has 9 nitrogen and oxygen atoms in total. The van der Waals surface area contributed by atoms with Crippen LogP contribution in [0.2, 0.25) is 5.02 Å². The van der Waals surface area contributed by atoms with E-state index in [1.807, 2.05) is 13.8 Å². The first-order valence-electron chi connectivity index (χ1n) is 9.87. The molecule has 0 aliphatic rings. The Hall–Kier alpha value is -3.33. The van der Waals surface area contributed by atoms with Crippen LogP contribution in [0.5, 0.6) is 23.0 Å². The second-order valence-electron chi connectivity index (χ2n) is 6.40. The number of nitrogens with one attached hydrogen (secondary N) is 1. The number of methoxy groups -OCH3 is 2. The summed E-state index contributed by atoms with van der Waals surface area (Å²) in [6.45, 7) is 5.81. The number of hydrogen-bond acceptors (Lipinski definition) is 8. The molecule has 1 N–H and O–H groups in total. The third-order valence-electron chi connectivity index (χ3n) is 4.19. The number of ether oxygens (including phenoxy) is 4. The van der Waals surface area contributed by atoms with Gasteiger partial charge in [-0.3, -0.25) is 9.59 Å². The molecule has 0 radical (unpaired) electrons. The number of anilines is 1. The quantitative estimate of drug-likeness (QED) is 0.377. The molecular formula is C22H26ClN3O6. The van der Waals surface area contributed by atoms with E-state index < -0.39 is 17.7 Å². The Kier molecular flexibility index (Phi) is 9.27. The van der Waals surface area contributed by atoms with Gasteiger partial charge in [0.05, 0.1) is 38.1 Å². The number of amides is 1. The molecule has 0 aromatic heterocycles. The summed E-state index contributed by atoms with van der Waals surface area (Å²) in [5.41, 5.74) is 0.574. The van der Waals surface area contributed by atoms with Crippen molar-refractivity contribution in [2.45, 2.75) is 26.8 Å². The molecule has 0 heterocycles. The number of nitrogens with zero attached hydrogens (tertiary/aromatic N) is 2. The number of carbonyl (C=O) groups excluding carboxylic acids is 2. The maximum atomic E-state index is 12.8. The van der Waals surface area contributed by atoms with Crippen LogP contribution in [0.25, 0.3) is 0 Å². The van der Waals surface area contributed by atoms with Crippen LogP contribution in [0, 0.1) is 0 Å². The highest BCUT2D eigenvalue weighted by Crippen LogP contribution is 2.36. The maximum Gasteiger partial charge on any atom is 0.258 e. The van der Waals surface area contributed by atoms with Gasteiger partial charge in [-0.2, -0.15) is 10.2 Å². The molecule has 2 aromatic carbocycles. The lowest BCUT2D eigenvalue weighted by Crippen LogP contribution is -2.31. The van der Waals surface area contributed by atoms with E-state index in [2.05, 4.69) is 15.5 Å². The average Bonchev–Trinajstić information content (AvgIpc) is 2.76. The normalized spacial score (nSPS) is 11.7. The molecule has 0 saturated carbocycles. The van der Waals surface area contributed by atoms with Gasteiger partial charge in [-0.1, -0.05) is 11.6 Å². The molecule has 0 fully saturated rings. The topological polar surface area (TPSA) is 108 Å². The van der Waals surface area contributed by atoms with Crippen LogP contribution in [0.4, 0.5) is 11.4 Å². The van der Waals surface area contributed by atoms with Crippen molar-refractivity contribution in [3.63, 3.8) is 0 Å². The molecule has 10 heteroatoms. The first kappa shape index (κ1) is 24.9. The first-order valence-corrected chi connectivity index (χ1v) is 10.3. The predicted molar refractivity (Wildman–Crippen MR) is 121 cm³/mol. The van der Waals surface area contributed by atoms with Crippen LogP contribution in [0.15, 0.2) is 40.6 Å². The predicted octanol–water partition coefficient (Wildman–Crippen LogP) is 4.83. The van der Waals surface area contributed by atoms with Gasteiger partial charge >= 0.3 is 0 Å². The molecule has 0 aliphatic heterocycles. The second kappa shape index (κ2) is 11.9. The zero-order valence-corrected chi connectivity index (χ0v) is 19.4. The third kappa shape index (κ3) is 6.34. The Morgan fingerprint density at radius 2 is 1.66 bits per heavy atom. The van der Waals surface area contributed by atoms with E-state index >= 15 is 0 Å². The van der Waals surface area contributed by atoms with Crippen LogP contribution in [-0.4, -0.2) is 45.2 Å². The number of azo groups is 1. The van der Waals surface area contributed by atoms with Crippen molar-refractivity contribution in [1.82, 2.24) is 0 Å². The van der Waals surface area contributed by atoms with Crippen molar-refractivity contribution in [3.8, 4) is 23.0 Å². The molecule has 1 unspecified atom stereocenters. The third-order valence-corrected chi connectivity index (χ3v) is 4.50. The fourth-order valence-electron chi connectivity index (χ4n) is 2.70. The monoisotopic (exact) mass is 463 g/mol. The first-order chi connectivity index (χ1) is 15.3. The second-order valence-corrected chi connectivity index (χ2v) is 6.81. The number of ketones is 1. The molecule has 2 rings (SSSR count). The number of benzene rings is 2. The minimum atomic E-state index is -1.40. The van der Waals surface area contributed by atoms with E-state index in [4.69, 9.17) is 30.5 Å². The largest absolute Gasteiger partial charge is 0.494 e. The highest BCUT2D eigenvalue weighted by molar-refractivity contribution is 6.34. The number of halogens is 1. The van der Waals surface area contributed by atoms with Crippen LogP contribution >= 0.6 is 11.6 Å². The average molecular weight is 464 g/mol. The van der Waals surface area contributed by atoms with E-state index in [1.165, 1.54) is 33.3 Å². The fraction of sp³-hybridized carbons (Fsp3) is 0.364. The van der Waals surface area contributed by atoms with Crippen molar-refractivity contribution >= 4 is 34.7 Å². The van der Waals surface area contributed by atoms with Gasteiger partial charge in [-0.05, 0) is 32.9 Å². The Morgan fingerprint density at radius 3 is 2.25 bits per heavy atom. The SMILES string of the molecule is CCOc1ccc(OCC)c(N=NC(C(C)=O)C(=O)Nc2cc(OC)c(OC)cc2Cl)c1. The lowest BCUT2D eigenvalue weighted by Gasteiger charge is -2.14. The summed E-state index contributed by atoms with van der Waals surface area (Å²) in [4.78, 5) is 24.9. The van der Waals surface area contributed by atoms with Gasteiger partial charge in [0.2, 0.25) is 6.04 Å². The van der Waals surface area contributed by atoms with Crippen LogP contribution in [0.3, 0.4) is 0 Å². The minimum Gasteiger partial charge on any atom is -0.494 e. The smallest absolute Gasteiger partial charge is 0.258 e. The van der Waals surface area contributed by atoms with Crippen LogP contribution < -0.4 is 24.3 Å². The van der Waals surface area contributed by atoms with Crippen molar-refractivity contribution < 1.29 is 28.5 Å². The molecule has 0 spiro atoms. The van der Waals surface area contributed by atoms with Gasteiger partial charge in [0, 0.05) is 18.2 Å². The number of carbonyl (C=O) groups is 2. The molecule has 172 valence electrons. The molecule has 2 aromatic rings. The van der Waals surface area contributed by atoms with E-state index in [1.54, 1.807) is 18.2 Å². The van der Waals surface area contributed by atoms with Gasteiger partial charge in [0.1, 0.15) is 17.2 Å². The summed E-state index contributed by atoms with van der Waals surface area (Å²) in [6, 6.07) is 6.64. The summed E-state index contributed by atoms with van der Waals surface area (Å²) < 4.78 is 21.4. The molecule has 0 aliphatic carbocycles. The van der Waals surface area contributed by atoms with Gasteiger partial charge < -0.3 is 24.3 Å². The zero-order valence-electron chi connectivity index (χ0n) is 18.6. The van der Waals surface area contributed by atoms with Crippen molar-refractivity contribution in [2.24, 2.45) is 10.2 Å². The molecular weight excluding hydrogens is 438 g/mol. The van der Waals surface area contributed by atoms with Gasteiger partial charge in [0.15, 0.2) is 17.3 Å². The van der Waals surface area contributed by atoms with Crippen LogP contribution in [0.1, 0.15) is 20.8 Å². The minimum absolute atomic E-state index is 0.207. The Labute approximate surface area is 191 Å². The summed E-state index contributed by atoms with van der Waals surface area (Å²) in [7, 11) is 2.92. The zero-order chi connectivity index (χ0) is 23.7. The van der Waals surface area contributed by atoms with Crippen molar-refractivity contribution in [1.29, 1.82) is 0 Å². The van der Waals surface area contributed by atoms with E-state index in [0.29, 0.717) is 41.9 Å². The maximum absolute atomic E-state index is 12.8. The molecule has 1 atom stereocenters. The van der Waals surface area contributed by atoms with Gasteiger partial charge in [-0.25, -0.2) is 0 Å². The van der Waals surface area contributed by atoms with E-state index in [0.717, 1.165) is 0 Å². The summed E-state index contributed by atoms with van der Waals surface area (Å²) in [6.07, 6.45) is 0. The lowest BCUT2D eigenvalue weighted by molar-refractivity contribution is -0.126. The highest BCUT2D eigenvalue weighted by Gasteiger charge is 2.25. The Morgan fingerprint density at radius 1 is 1.00 bits per heavy atom. The number of rotatable bonds is 11. The Bertz CT molecular complexity index is 996. The Balaban J connectivity index is 2.31. The van der Waals surface area contributed by atoms with E-state index in [9.17, 15) is 9.59 Å². The van der Waals surface area contributed by atoms with Crippen LogP contribution in [-0.2, 0) is 9.59 Å². The van der Waals surface area contributed by atoms with Gasteiger partial charge in [-0.15, -0.1) is 0 Å². The summed E-state index contributed by atoms with van der Waals surface area (Å²) >= 11 is 6.22. The van der Waals surface area contributed by atoms with Gasteiger partial charge in [0.25, 0.3) is 5.91 Å². The lowest BCUT2D eigenvalue weighted by atomic mass is 10.2. The van der Waals surface area contributed by atoms with Crippen molar-refractivity contribution in [2.75, 3.05) is 32.8 Å². The van der Waals surface area contributed by atoms with Crippen molar-refractivity contribution in [3.05, 3.63) is 35.4 Å². The fourth-order valence-corrected chi connectivity index (χ4v) is 2.90. The molecule has 0 bridgehead atoms. The molecule has 1 amide bonds. The summed E-state index contributed by atoms with van der Waals surface area (Å²) in [5, 5.41) is 10.9. The molecule has 32 heavy (non-hydrogen) atoms.